The van der Waals surface area contributed by atoms with Gasteiger partial charge in [0.15, 0.2) is 0 Å². The number of esters is 1. The maximum absolute atomic E-state index is 12.9. The summed E-state index contributed by atoms with van der Waals surface area (Å²) in [6, 6.07) is 9.40. The number of nitrogens with one attached hydrogen (secondary N) is 1. The van der Waals surface area contributed by atoms with E-state index in [1.165, 1.54) is 0 Å². The second kappa shape index (κ2) is 12.5. The molecule has 0 unspecified atom stereocenters. The van der Waals surface area contributed by atoms with Crippen LogP contribution in [-0.2, 0) is 25.5 Å². The van der Waals surface area contributed by atoms with Gasteiger partial charge in [-0.05, 0) is 51.0 Å². The first kappa shape index (κ1) is 25.0. The largest absolute Gasteiger partial charge is 0.463 e. The van der Waals surface area contributed by atoms with E-state index in [0.717, 1.165) is 18.4 Å². The highest BCUT2D eigenvalue weighted by Gasteiger charge is 2.31. The third-order valence-electron chi connectivity index (χ3n) is 6.49. The van der Waals surface area contributed by atoms with Crippen molar-refractivity contribution in [3.63, 3.8) is 0 Å². The van der Waals surface area contributed by atoms with Gasteiger partial charge in [0.1, 0.15) is 6.61 Å². The lowest BCUT2D eigenvalue weighted by atomic mass is 9.94. The summed E-state index contributed by atoms with van der Waals surface area (Å²) in [5, 5.41) is 12.4. The van der Waals surface area contributed by atoms with Crippen LogP contribution < -0.4 is 5.32 Å². The quantitative estimate of drug-likeness (QED) is 0.525. The number of aliphatic hydroxyl groups excluding tert-OH is 1. The average Bonchev–Trinajstić information content (AvgIpc) is 3.30. The van der Waals surface area contributed by atoms with Crippen LogP contribution >= 0.6 is 0 Å². The lowest BCUT2D eigenvalue weighted by Crippen LogP contribution is -2.43. The molecule has 2 amide bonds. The van der Waals surface area contributed by atoms with Crippen LogP contribution in [0.5, 0.6) is 0 Å². The minimum absolute atomic E-state index is 0.0466. The molecule has 1 fully saturated rings. The van der Waals surface area contributed by atoms with Crippen LogP contribution in [0.2, 0.25) is 0 Å². The van der Waals surface area contributed by atoms with Crippen molar-refractivity contribution >= 4 is 17.8 Å². The molecule has 0 saturated carbocycles. The zero-order valence-corrected chi connectivity index (χ0v) is 19.4. The van der Waals surface area contributed by atoms with Gasteiger partial charge in [-0.2, -0.15) is 0 Å². The van der Waals surface area contributed by atoms with E-state index < -0.39 is 5.92 Å². The summed E-state index contributed by atoms with van der Waals surface area (Å²) in [7, 11) is 0. The van der Waals surface area contributed by atoms with E-state index in [1.54, 1.807) is 11.8 Å². The second-order valence-corrected chi connectivity index (χ2v) is 9.18. The molecule has 0 aliphatic carbocycles. The highest BCUT2D eigenvalue weighted by Crippen LogP contribution is 2.22. The molecule has 2 aliphatic rings. The molecule has 3 rings (SSSR count). The van der Waals surface area contributed by atoms with E-state index in [2.05, 4.69) is 5.32 Å². The van der Waals surface area contributed by atoms with Gasteiger partial charge in [0.25, 0.3) is 0 Å². The predicted molar refractivity (Wildman–Crippen MR) is 125 cm³/mol. The predicted octanol–water partition coefficient (Wildman–Crippen LogP) is 2.62. The summed E-state index contributed by atoms with van der Waals surface area (Å²) in [5.41, 5.74) is 1.09. The molecular weight excluding hydrogens is 420 g/mol. The number of benzene rings is 1. The van der Waals surface area contributed by atoms with E-state index in [4.69, 9.17) is 4.74 Å². The lowest BCUT2D eigenvalue weighted by molar-refractivity contribution is -0.150. The van der Waals surface area contributed by atoms with Gasteiger partial charge in [-0.15, -0.1) is 0 Å². The standard InChI is InChI=1S/C26H36N2O5/c1-19-18-33-26(32)22(15-20-9-4-2-5-10-20)12-7-3-6-11-21(25(31)27-19)16-24(30)28-14-8-13-23(28)17-29/h2-6,9-10,19,21-23,29H,7-8,11-18H2,1H3,(H,27,31)/t19-,21+,22+,23-/m0/s1. The Morgan fingerprint density at radius 3 is 2.70 bits per heavy atom. The number of carbonyl (C=O) groups excluding carboxylic acids is 3. The van der Waals surface area contributed by atoms with Crippen LogP contribution in [0, 0.1) is 11.8 Å². The molecular formula is C26H36N2O5. The van der Waals surface area contributed by atoms with Gasteiger partial charge in [0, 0.05) is 13.0 Å². The van der Waals surface area contributed by atoms with Crippen molar-refractivity contribution in [1.29, 1.82) is 0 Å². The summed E-state index contributed by atoms with van der Waals surface area (Å²) >= 11 is 0. The molecule has 180 valence electrons. The van der Waals surface area contributed by atoms with Crippen LogP contribution in [0.3, 0.4) is 0 Å². The number of aliphatic hydroxyl groups is 1. The summed E-state index contributed by atoms with van der Waals surface area (Å²) in [6.45, 7) is 2.48. The number of carbonyl (C=O) groups is 3. The number of allylic oxidation sites excluding steroid dienone is 2. The van der Waals surface area contributed by atoms with E-state index in [0.29, 0.717) is 32.2 Å². The third kappa shape index (κ3) is 7.42. The molecule has 2 N–H and O–H groups in total. The number of ether oxygens (including phenoxy) is 1. The number of likely N-dealkylation sites (tertiary alicyclic amines) is 1. The Kier molecular flexibility index (Phi) is 9.48. The molecule has 7 nitrogen and oxygen atoms in total. The Morgan fingerprint density at radius 2 is 1.94 bits per heavy atom. The van der Waals surface area contributed by atoms with Crippen molar-refractivity contribution in [3.8, 4) is 0 Å². The first-order valence-electron chi connectivity index (χ1n) is 12.0. The normalized spacial score (nSPS) is 27.2. The zero-order chi connectivity index (χ0) is 23.6. The number of hydrogen-bond acceptors (Lipinski definition) is 5. The fourth-order valence-electron chi connectivity index (χ4n) is 4.57. The molecule has 7 heteroatoms. The van der Waals surface area contributed by atoms with Crippen molar-refractivity contribution in [1.82, 2.24) is 10.2 Å². The fourth-order valence-corrected chi connectivity index (χ4v) is 4.57. The van der Waals surface area contributed by atoms with Crippen LogP contribution in [0.1, 0.15) is 51.0 Å². The number of amides is 2. The Labute approximate surface area is 196 Å². The zero-order valence-electron chi connectivity index (χ0n) is 19.4. The molecule has 0 spiro atoms. The molecule has 0 radical (unpaired) electrons. The Morgan fingerprint density at radius 1 is 1.15 bits per heavy atom. The van der Waals surface area contributed by atoms with Crippen molar-refractivity contribution in [2.24, 2.45) is 11.8 Å². The highest BCUT2D eigenvalue weighted by atomic mass is 16.5. The molecule has 1 aromatic carbocycles. The van der Waals surface area contributed by atoms with Gasteiger partial charge in [0.05, 0.1) is 30.5 Å². The van der Waals surface area contributed by atoms with Gasteiger partial charge in [-0.1, -0.05) is 42.5 Å². The molecule has 33 heavy (non-hydrogen) atoms. The monoisotopic (exact) mass is 456 g/mol. The topological polar surface area (TPSA) is 95.9 Å². The fraction of sp³-hybridized carbons (Fsp3) is 0.577. The summed E-state index contributed by atoms with van der Waals surface area (Å²) < 4.78 is 5.55. The van der Waals surface area contributed by atoms with Crippen molar-refractivity contribution in [2.75, 3.05) is 19.8 Å². The van der Waals surface area contributed by atoms with Gasteiger partial charge in [-0.25, -0.2) is 0 Å². The van der Waals surface area contributed by atoms with Crippen molar-refractivity contribution in [2.45, 2.75) is 64.0 Å². The number of cyclic esters (lactones) is 1. The Balaban J connectivity index is 1.65. The Bertz CT molecular complexity index is 825. The molecule has 2 heterocycles. The molecule has 0 bridgehead atoms. The van der Waals surface area contributed by atoms with Gasteiger partial charge in [-0.3, -0.25) is 14.4 Å². The van der Waals surface area contributed by atoms with E-state index in [1.807, 2.05) is 42.5 Å². The lowest BCUT2D eigenvalue weighted by Gasteiger charge is -2.26. The molecule has 0 aromatic heterocycles. The molecule has 4 atom stereocenters. The highest BCUT2D eigenvalue weighted by molar-refractivity contribution is 5.86. The first-order chi connectivity index (χ1) is 16.0. The van der Waals surface area contributed by atoms with Crippen LogP contribution in [0.25, 0.3) is 0 Å². The second-order valence-electron chi connectivity index (χ2n) is 9.18. The minimum atomic E-state index is -0.493. The van der Waals surface area contributed by atoms with Gasteiger partial charge >= 0.3 is 5.97 Å². The van der Waals surface area contributed by atoms with Gasteiger partial charge in [0.2, 0.25) is 11.8 Å². The van der Waals surface area contributed by atoms with Crippen molar-refractivity contribution < 1.29 is 24.2 Å². The maximum Gasteiger partial charge on any atom is 0.309 e. The molecule has 2 aliphatic heterocycles. The van der Waals surface area contributed by atoms with E-state index in [9.17, 15) is 19.5 Å². The smallest absolute Gasteiger partial charge is 0.309 e. The van der Waals surface area contributed by atoms with Crippen LogP contribution in [-0.4, -0.2) is 59.6 Å². The summed E-state index contributed by atoms with van der Waals surface area (Å²) in [4.78, 5) is 40.2. The summed E-state index contributed by atoms with van der Waals surface area (Å²) in [6.07, 6.45) is 8.15. The first-order valence-corrected chi connectivity index (χ1v) is 12.0. The average molecular weight is 457 g/mol. The van der Waals surface area contributed by atoms with Gasteiger partial charge < -0.3 is 20.1 Å². The van der Waals surface area contributed by atoms with E-state index >= 15 is 0 Å². The summed E-state index contributed by atoms with van der Waals surface area (Å²) in [5.74, 6) is -1.29. The molecule has 1 saturated heterocycles. The van der Waals surface area contributed by atoms with E-state index in [-0.39, 0.29) is 55.4 Å². The Hall–Kier alpha value is -2.67. The number of nitrogens with zero attached hydrogens (tertiary/aromatic N) is 1. The van der Waals surface area contributed by atoms with Crippen LogP contribution in [0.15, 0.2) is 42.5 Å². The molecule has 1 aromatic rings. The SMILES string of the molecule is C[C@H]1COC(=O)[C@@H](Cc2ccccc2)CCC=CC[C@H](CC(=O)N2CCC[C@H]2CO)C(=O)N1. The minimum Gasteiger partial charge on any atom is -0.463 e. The number of hydrogen-bond donors (Lipinski definition) is 2. The van der Waals surface area contributed by atoms with Crippen LogP contribution in [0.4, 0.5) is 0 Å². The van der Waals surface area contributed by atoms with Crippen molar-refractivity contribution in [3.05, 3.63) is 48.0 Å². The third-order valence-corrected chi connectivity index (χ3v) is 6.49. The maximum atomic E-state index is 12.9. The number of rotatable bonds is 5.